The zero-order chi connectivity index (χ0) is 13.5. The van der Waals surface area contributed by atoms with Gasteiger partial charge in [-0.2, -0.15) is 0 Å². The minimum atomic E-state index is 0.654. The number of hydrogen-bond acceptors (Lipinski definition) is 2. The summed E-state index contributed by atoms with van der Waals surface area (Å²) < 4.78 is 0.654. The van der Waals surface area contributed by atoms with E-state index in [0.29, 0.717) is 4.32 Å². The molecule has 0 aromatic rings. The SMILES string of the molecule is C=CCN(CCC)C(=S)S.C=CCNCCC. The van der Waals surface area contributed by atoms with Crippen LogP contribution in [0.5, 0.6) is 0 Å². The number of rotatable bonds is 8. The molecule has 0 amide bonds. The molecule has 2 nitrogen and oxygen atoms in total. The molecule has 4 heteroatoms. The number of nitrogens with zero attached hydrogens (tertiary/aromatic N) is 1. The van der Waals surface area contributed by atoms with Gasteiger partial charge in [0.1, 0.15) is 4.32 Å². The Bertz CT molecular complexity index is 206. The first kappa shape index (κ1) is 19.0. The van der Waals surface area contributed by atoms with Crippen LogP contribution in [0.25, 0.3) is 0 Å². The van der Waals surface area contributed by atoms with Crippen molar-refractivity contribution in [1.82, 2.24) is 10.2 Å². The van der Waals surface area contributed by atoms with Crippen molar-refractivity contribution in [3.8, 4) is 0 Å². The molecule has 0 heterocycles. The van der Waals surface area contributed by atoms with Crippen molar-refractivity contribution >= 4 is 29.2 Å². The van der Waals surface area contributed by atoms with Crippen LogP contribution < -0.4 is 5.32 Å². The van der Waals surface area contributed by atoms with Gasteiger partial charge in [0.25, 0.3) is 0 Å². The van der Waals surface area contributed by atoms with Crippen LogP contribution in [-0.2, 0) is 0 Å². The molecule has 0 fully saturated rings. The molecule has 0 aromatic heterocycles. The van der Waals surface area contributed by atoms with Crippen molar-refractivity contribution in [2.24, 2.45) is 0 Å². The van der Waals surface area contributed by atoms with Gasteiger partial charge in [-0.25, -0.2) is 0 Å². The van der Waals surface area contributed by atoms with Crippen molar-refractivity contribution in [3.63, 3.8) is 0 Å². The van der Waals surface area contributed by atoms with Crippen LogP contribution in [0.15, 0.2) is 25.3 Å². The number of hydrogen-bond donors (Lipinski definition) is 2. The maximum absolute atomic E-state index is 4.89. The van der Waals surface area contributed by atoms with E-state index in [1.165, 1.54) is 6.42 Å². The predicted octanol–water partition coefficient (Wildman–Crippen LogP) is 3.27. The molecule has 0 aliphatic heterocycles. The van der Waals surface area contributed by atoms with E-state index in [9.17, 15) is 0 Å². The van der Waals surface area contributed by atoms with Gasteiger partial charge in [0, 0.05) is 19.6 Å². The van der Waals surface area contributed by atoms with Crippen LogP contribution in [0.4, 0.5) is 0 Å². The number of thiol groups is 1. The second-order valence-corrected chi connectivity index (χ2v) is 4.62. The summed E-state index contributed by atoms with van der Waals surface area (Å²) in [5, 5.41) is 3.17. The van der Waals surface area contributed by atoms with Crippen molar-refractivity contribution in [3.05, 3.63) is 25.3 Å². The molecular formula is C13H26N2S2. The molecule has 0 atom stereocenters. The Kier molecular flexibility index (Phi) is 17.6. The van der Waals surface area contributed by atoms with Gasteiger partial charge in [0.15, 0.2) is 0 Å². The summed E-state index contributed by atoms with van der Waals surface area (Å²) in [6.45, 7) is 15.3. The lowest BCUT2D eigenvalue weighted by molar-refractivity contribution is 0.476. The molecule has 0 unspecified atom stereocenters. The molecule has 0 radical (unpaired) electrons. The van der Waals surface area contributed by atoms with Gasteiger partial charge in [-0.3, -0.25) is 0 Å². The van der Waals surface area contributed by atoms with Gasteiger partial charge in [-0.1, -0.05) is 38.2 Å². The molecule has 1 N–H and O–H groups in total. The zero-order valence-electron chi connectivity index (χ0n) is 11.1. The second-order valence-electron chi connectivity index (χ2n) is 3.51. The fourth-order valence-electron chi connectivity index (χ4n) is 1.07. The first-order valence-corrected chi connectivity index (χ1v) is 6.89. The summed E-state index contributed by atoms with van der Waals surface area (Å²) in [6.07, 6.45) is 6.00. The first-order chi connectivity index (χ1) is 8.13. The lowest BCUT2D eigenvalue weighted by Crippen LogP contribution is -2.26. The Morgan fingerprint density at radius 3 is 2.29 bits per heavy atom. The Morgan fingerprint density at radius 2 is 1.94 bits per heavy atom. The predicted molar refractivity (Wildman–Crippen MR) is 87.0 cm³/mol. The monoisotopic (exact) mass is 274 g/mol. The first-order valence-electron chi connectivity index (χ1n) is 6.04. The smallest absolute Gasteiger partial charge is 0.133 e. The average Bonchev–Trinajstić information content (AvgIpc) is 2.30. The molecular weight excluding hydrogens is 248 g/mol. The van der Waals surface area contributed by atoms with Gasteiger partial charge in [0.2, 0.25) is 0 Å². The molecule has 0 aliphatic rings. The van der Waals surface area contributed by atoms with E-state index in [4.69, 9.17) is 12.2 Å². The third-order valence-corrected chi connectivity index (χ3v) is 2.37. The highest BCUT2D eigenvalue weighted by molar-refractivity contribution is 8.10. The van der Waals surface area contributed by atoms with E-state index in [-0.39, 0.29) is 0 Å². The molecule has 0 bridgehead atoms. The van der Waals surface area contributed by atoms with E-state index in [2.05, 4.69) is 45.0 Å². The highest BCUT2D eigenvalue weighted by Gasteiger charge is 2.00. The van der Waals surface area contributed by atoms with Crippen molar-refractivity contribution in [1.29, 1.82) is 0 Å². The van der Waals surface area contributed by atoms with Crippen LogP contribution in [0.2, 0.25) is 0 Å². The van der Waals surface area contributed by atoms with Gasteiger partial charge in [0.05, 0.1) is 0 Å². The molecule has 0 saturated heterocycles. The second kappa shape index (κ2) is 15.7. The lowest BCUT2D eigenvalue weighted by atomic mass is 10.4. The van der Waals surface area contributed by atoms with E-state index < -0.39 is 0 Å². The molecule has 0 aromatic carbocycles. The average molecular weight is 274 g/mol. The van der Waals surface area contributed by atoms with Crippen molar-refractivity contribution < 1.29 is 0 Å². The largest absolute Gasteiger partial charge is 0.354 e. The summed E-state index contributed by atoms with van der Waals surface area (Å²) in [6, 6.07) is 0. The van der Waals surface area contributed by atoms with E-state index in [1.54, 1.807) is 0 Å². The fraction of sp³-hybridized carbons (Fsp3) is 0.615. The van der Waals surface area contributed by atoms with Crippen LogP contribution in [0.3, 0.4) is 0 Å². The van der Waals surface area contributed by atoms with Crippen molar-refractivity contribution in [2.75, 3.05) is 26.2 Å². The Labute approximate surface area is 118 Å². The summed E-state index contributed by atoms with van der Waals surface area (Å²) in [5.74, 6) is 0. The Morgan fingerprint density at radius 1 is 1.29 bits per heavy atom. The summed E-state index contributed by atoms with van der Waals surface area (Å²) in [4.78, 5) is 2.01. The molecule has 17 heavy (non-hydrogen) atoms. The van der Waals surface area contributed by atoms with Gasteiger partial charge in [-0.05, 0) is 19.4 Å². The number of nitrogens with one attached hydrogen (secondary N) is 1. The zero-order valence-corrected chi connectivity index (χ0v) is 12.8. The fourth-order valence-corrected chi connectivity index (χ4v) is 1.42. The Hall–Kier alpha value is -0.320. The molecule has 0 aliphatic carbocycles. The van der Waals surface area contributed by atoms with E-state index >= 15 is 0 Å². The standard InChI is InChI=1S/C7H13NS2.C6H13N/c1-3-5-8(6-4-2)7(9)10;1-3-5-7-6-4-2/h3H,1,4-6H2,2H3,(H,9,10);3,7H,1,4-6H2,2H3. The van der Waals surface area contributed by atoms with Gasteiger partial charge >= 0.3 is 0 Å². The third kappa shape index (κ3) is 15.7. The Balaban J connectivity index is 0. The van der Waals surface area contributed by atoms with Gasteiger partial charge < -0.3 is 10.2 Å². The van der Waals surface area contributed by atoms with Crippen LogP contribution >= 0.6 is 24.8 Å². The lowest BCUT2D eigenvalue weighted by Gasteiger charge is -2.19. The van der Waals surface area contributed by atoms with Crippen LogP contribution in [-0.4, -0.2) is 35.4 Å². The highest BCUT2D eigenvalue weighted by atomic mass is 32.1. The summed E-state index contributed by atoms with van der Waals surface area (Å²) in [7, 11) is 0. The number of thiocarbonyl (C=S) groups is 1. The normalized spacial score (nSPS) is 8.88. The van der Waals surface area contributed by atoms with E-state index in [0.717, 1.165) is 32.6 Å². The molecule has 0 saturated carbocycles. The van der Waals surface area contributed by atoms with Crippen LogP contribution in [0, 0.1) is 0 Å². The summed E-state index contributed by atoms with van der Waals surface area (Å²) >= 11 is 8.96. The summed E-state index contributed by atoms with van der Waals surface area (Å²) in [5.41, 5.74) is 0. The minimum Gasteiger partial charge on any atom is -0.354 e. The quantitative estimate of drug-likeness (QED) is 0.306. The molecule has 100 valence electrons. The molecule has 0 rings (SSSR count). The van der Waals surface area contributed by atoms with E-state index in [1.807, 2.05) is 17.1 Å². The maximum atomic E-state index is 4.89. The van der Waals surface area contributed by atoms with Crippen molar-refractivity contribution in [2.45, 2.75) is 26.7 Å². The minimum absolute atomic E-state index is 0.654. The topological polar surface area (TPSA) is 15.3 Å². The van der Waals surface area contributed by atoms with Gasteiger partial charge in [-0.15, -0.1) is 25.8 Å². The third-order valence-electron chi connectivity index (χ3n) is 1.83. The highest BCUT2D eigenvalue weighted by Crippen LogP contribution is 1.97. The maximum Gasteiger partial charge on any atom is 0.133 e. The van der Waals surface area contributed by atoms with Crippen LogP contribution in [0.1, 0.15) is 26.7 Å². The molecule has 0 spiro atoms.